The minimum atomic E-state index is -0.632. The maximum Gasteiger partial charge on any atom is 0.325 e. The maximum absolute atomic E-state index is 11.9. The first kappa shape index (κ1) is 17.4. The zero-order valence-electron chi connectivity index (χ0n) is 13.6. The molecular weight excluding hydrogens is 256 g/mol. The Morgan fingerprint density at radius 2 is 2.25 bits per heavy atom. The lowest BCUT2D eigenvalue weighted by Crippen LogP contribution is -2.54. The molecule has 0 amide bonds. The van der Waals surface area contributed by atoms with Crippen molar-refractivity contribution in [2.75, 3.05) is 33.9 Å². The van der Waals surface area contributed by atoms with E-state index in [4.69, 9.17) is 9.47 Å². The molecule has 3 atom stereocenters. The van der Waals surface area contributed by atoms with Gasteiger partial charge < -0.3 is 14.8 Å². The van der Waals surface area contributed by atoms with Crippen molar-refractivity contribution in [2.24, 2.45) is 0 Å². The van der Waals surface area contributed by atoms with Gasteiger partial charge in [0.05, 0.1) is 13.2 Å². The molecule has 0 aliphatic carbocycles. The molecule has 20 heavy (non-hydrogen) atoms. The molecule has 1 saturated heterocycles. The first-order chi connectivity index (χ1) is 9.46. The third-order valence-corrected chi connectivity index (χ3v) is 4.33. The van der Waals surface area contributed by atoms with Gasteiger partial charge in [-0.3, -0.25) is 9.69 Å². The van der Waals surface area contributed by atoms with Crippen molar-refractivity contribution in [3.8, 4) is 0 Å². The van der Waals surface area contributed by atoms with Crippen molar-refractivity contribution < 1.29 is 14.3 Å². The number of likely N-dealkylation sites (N-methyl/N-ethyl adjacent to an activating group) is 1. The van der Waals surface area contributed by atoms with Crippen LogP contribution in [0, 0.1) is 0 Å². The summed E-state index contributed by atoms with van der Waals surface area (Å²) in [6.07, 6.45) is 3.35. The van der Waals surface area contributed by atoms with E-state index >= 15 is 0 Å². The molecule has 0 spiro atoms. The SMILES string of the molecule is CCOC1CCCN(C(C)CC(C)(NC)C(=O)OC)C1. The highest BCUT2D eigenvalue weighted by Gasteiger charge is 2.36. The summed E-state index contributed by atoms with van der Waals surface area (Å²) in [6.45, 7) is 8.91. The van der Waals surface area contributed by atoms with Gasteiger partial charge in [-0.2, -0.15) is 0 Å². The maximum atomic E-state index is 11.9. The van der Waals surface area contributed by atoms with Crippen LogP contribution >= 0.6 is 0 Å². The normalized spacial score (nSPS) is 24.9. The van der Waals surface area contributed by atoms with Gasteiger partial charge in [0.2, 0.25) is 0 Å². The molecule has 1 rings (SSSR count). The number of likely N-dealkylation sites (tertiary alicyclic amines) is 1. The van der Waals surface area contributed by atoms with Crippen molar-refractivity contribution in [3.05, 3.63) is 0 Å². The summed E-state index contributed by atoms with van der Waals surface area (Å²) in [6, 6.07) is 0.315. The zero-order chi connectivity index (χ0) is 15.2. The molecule has 118 valence electrons. The third kappa shape index (κ3) is 4.43. The number of nitrogens with one attached hydrogen (secondary N) is 1. The van der Waals surface area contributed by atoms with Gasteiger partial charge in [-0.1, -0.05) is 0 Å². The minimum Gasteiger partial charge on any atom is -0.468 e. The Morgan fingerprint density at radius 3 is 2.80 bits per heavy atom. The number of carbonyl (C=O) groups is 1. The predicted molar refractivity (Wildman–Crippen MR) is 79.8 cm³/mol. The summed E-state index contributed by atoms with van der Waals surface area (Å²) in [7, 11) is 3.25. The van der Waals surface area contributed by atoms with E-state index in [1.54, 1.807) is 0 Å². The van der Waals surface area contributed by atoms with Crippen molar-refractivity contribution in [3.63, 3.8) is 0 Å². The molecule has 1 heterocycles. The number of ether oxygens (including phenoxy) is 2. The number of methoxy groups -OCH3 is 1. The molecule has 0 aromatic rings. The van der Waals surface area contributed by atoms with Crippen LogP contribution in [0.4, 0.5) is 0 Å². The summed E-state index contributed by atoms with van der Waals surface area (Å²) < 4.78 is 10.6. The van der Waals surface area contributed by atoms with Crippen LogP contribution in [-0.4, -0.2) is 62.4 Å². The van der Waals surface area contributed by atoms with Crippen LogP contribution in [0.5, 0.6) is 0 Å². The van der Waals surface area contributed by atoms with Gasteiger partial charge in [0.15, 0.2) is 0 Å². The number of hydrogen-bond donors (Lipinski definition) is 1. The Morgan fingerprint density at radius 1 is 1.55 bits per heavy atom. The van der Waals surface area contributed by atoms with E-state index in [9.17, 15) is 4.79 Å². The van der Waals surface area contributed by atoms with Gasteiger partial charge >= 0.3 is 5.97 Å². The standard InChI is InChI=1S/C15H30N2O3/c1-6-20-13-8-7-9-17(11-13)12(2)10-15(3,16-4)14(18)19-5/h12-13,16H,6-11H2,1-5H3. The largest absolute Gasteiger partial charge is 0.468 e. The molecule has 0 aromatic carbocycles. The van der Waals surface area contributed by atoms with Crippen molar-refractivity contribution >= 4 is 5.97 Å². The molecule has 0 saturated carbocycles. The summed E-state index contributed by atoms with van der Waals surface area (Å²) in [5.41, 5.74) is -0.632. The van der Waals surface area contributed by atoms with Crippen LogP contribution in [-0.2, 0) is 14.3 Å². The van der Waals surface area contributed by atoms with Gasteiger partial charge in [0, 0.05) is 19.2 Å². The summed E-state index contributed by atoms with van der Waals surface area (Å²) >= 11 is 0. The fourth-order valence-electron chi connectivity index (χ4n) is 2.97. The number of hydrogen-bond acceptors (Lipinski definition) is 5. The van der Waals surface area contributed by atoms with Gasteiger partial charge in [0.1, 0.15) is 5.54 Å². The minimum absolute atomic E-state index is 0.204. The fourth-order valence-corrected chi connectivity index (χ4v) is 2.97. The third-order valence-electron chi connectivity index (χ3n) is 4.33. The van der Waals surface area contributed by atoms with Crippen LogP contribution < -0.4 is 5.32 Å². The highest BCUT2D eigenvalue weighted by Crippen LogP contribution is 2.22. The summed E-state index contributed by atoms with van der Waals surface area (Å²) in [5, 5.41) is 3.10. The van der Waals surface area contributed by atoms with Crippen LogP contribution in [0.25, 0.3) is 0 Å². The van der Waals surface area contributed by atoms with Crippen LogP contribution in [0.3, 0.4) is 0 Å². The van der Waals surface area contributed by atoms with E-state index in [1.807, 2.05) is 20.9 Å². The molecular formula is C15H30N2O3. The number of carbonyl (C=O) groups excluding carboxylic acids is 1. The average molecular weight is 286 g/mol. The lowest BCUT2D eigenvalue weighted by molar-refractivity contribution is -0.148. The highest BCUT2D eigenvalue weighted by atomic mass is 16.5. The molecule has 0 bridgehead atoms. The van der Waals surface area contributed by atoms with Gasteiger partial charge in [-0.15, -0.1) is 0 Å². The lowest BCUT2D eigenvalue weighted by Gasteiger charge is -2.39. The Labute approximate surface area is 123 Å². The number of rotatable bonds is 7. The quantitative estimate of drug-likeness (QED) is 0.717. The van der Waals surface area contributed by atoms with Crippen LogP contribution in [0.15, 0.2) is 0 Å². The first-order valence-electron chi connectivity index (χ1n) is 7.59. The summed E-state index contributed by atoms with van der Waals surface area (Å²) in [4.78, 5) is 14.3. The molecule has 1 fully saturated rings. The Balaban J connectivity index is 2.60. The van der Waals surface area contributed by atoms with E-state index in [1.165, 1.54) is 7.11 Å². The second kappa shape index (κ2) is 7.96. The van der Waals surface area contributed by atoms with Gasteiger partial charge in [-0.25, -0.2) is 0 Å². The molecule has 5 nitrogen and oxygen atoms in total. The topological polar surface area (TPSA) is 50.8 Å². The second-order valence-electron chi connectivity index (χ2n) is 5.84. The number of piperidine rings is 1. The van der Waals surface area contributed by atoms with Gasteiger partial charge in [-0.05, 0) is 53.6 Å². The van der Waals surface area contributed by atoms with Crippen LogP contribution in [0.1, 0.15) is 40.0 Å². The number of nitrogens with zero attached hydrogens (tertiary/aromatic N) is 1. The predicted octanol–water partition coefficient (Wildman–Crippen LogP) is 1.42. The lowest BCUT2D eigenvalue weighted by atomic mass is 9.92. The van der Waals surface area contributed by atoms with E-state index in [0.29, 0.717) is 12.1 Å². The average Bonchev–Trinajstić information content (AvgIpc) is 2.46. The number of esters is 1. The van der Waals surface area contributed by atoms with Crippen molar-refractivity contribution in [1.82, 2.24) is 10.2 Å². The first-order valence-corrected chi connectivity index (χ1v) is 7.59. The zero-order valence-corrected chi connectivity index (χ0v) is 13.6. The Kier molecular flexibility index (Phi) is 6.92. The van der Waals surface area contributed by atoms with E-state index in [0.717, 1.165) is 39.0 Å². The molecule has 1 N–H and O–H groups in total. The Hall–Kier alpha value is -0.650. The van der Waals surface area contributed by atoms with Crippen LogP contribution in [0.2, 0.25) is 0 Å². The molecule has 3 unspecified atom stereocenters. The molecule has 1 aliphatic rings. The van der Waals surface area contributed by atoms with Gasteiger partial charge in [0.25, 0.3) is 0 Å². The van der Waals surface area contributed by atoms with E-state index < -0.39 is 5.54 Å². The van der Waals surface area contributed by atoms with E-state index in [-0.39, 0.29) is 5.97 Å². The Bertz CT molecular complexity index is 309. The van der Waals surface area contributed by atoms with Crippen molar-refractivity contribution in [1.29, 1.82) is 0 Å². The molecule has 1 aliphatic heterocycles. The van der Waals surface area contributed by atoms with Crippen molar-refractivity contribution in [2.45, 2.75) is 57.7 Å². The monoisotopic (exact) mass is 286 g/mol. The molecule has 0 radical (unpaired) electrons. The molecule has 5 heteroatoms. The second-order valence-corrected chi connectivity index (χ2v) is 5.84. The highest BCUT2D eigenvalue weighted by molar-refractivity contribution is 5.80. The molecule has 0 aromatic heterocycles. The van der Waals surface area contributed by atoms with E-state index in [2.05, 4.69) is 17.1 Å². The fraction of sp³-hybridized carbons (Fsp3) is 0.933. The summed E-state index contributed by atoms with van der Waals surface area (Å²) in [5.74, 6) is -0.204. The smallest absolute Gasteiger partial charge is 0.325 e.